The molecule has 1 unspecified atom stereocenters. The van der Waals surface area contributed by atoms with Crippen molar-refractivity contribution in [3.05, 3.63) is 76.6 Å². The highest BCUT2D eigenvalue weighted by Crippen LogP contribution is 2.29. The van der Waals surface area contributed by atoms with Crippen LogP contribution in [0.4, 0.5) is 5.69 Å². The van der Waals surface area contributed by atoms with E-state index in [-0.39, 0.29) is 0 Å². The standard InChI is InChI=1S/C19H18ClNO4S/c1-12-4-6-16(15(20)9-12)21-18(19(22)23)17-7-5-14(25-17)11-26-10-13-3-2-8-24-13/h2-9,18,21H,10-11H2,1H3,(H,22,23). The number of halogens is 1. The van der Waals surface area contributed by atoms with Crippen LogP contribution in [0.3, 0.4) is 0 Å². The van der Waals surface area contributed by atoms with E-state index in [1.54, 1.807) is 42.3 Å². The van der Waals surface area contributed by atoms with E-state index in [9.17, 15) is 9.90 Å². The second-order valence-electron chi connectivity index (χ2n) is 5.78. The molecule has 0 bridgehead atoms. The molecule has 0 fully saturated rings. The number of furan rings is 2. The summed E-state index contributed by atoms with van der Waals surface area (Å²) in [4.78, 5) is 11.7. The molecule has 1 aromatic carbocycles. The maximum atomic E-state index is 11.7. The van der Waals surface area contributed by atoms with E-state index in [1.807, 2.05) is 25.1 Å². The SMILES string of the molecule is Cc1ccc(NC(C(=O)O)c2ccc(CSCc3ccco3)o2)c(Cl)c1. The number of hydrogen-bond acceptors (Lipinski definition) is 5. The maximum Gasteiger partial charge on any atom is 0.334 e. The zero-order valence-corrected chi connectivity index (χ0v) is 15.6. The summed E-state index contributed by atoms with van der Waals surface area (Å²) in [5.41, 5.74) is 1.55. The van der Waals surface area contributed by atoms with E-state index in [4.69, 9.17) is 20.4 Å². The summed E-state index contributed by atoms with van der Waals surface area (Å²) in [5, 5.41) is 13.0. The van der Waals surface area contributed by atoms with Gasteiger partial charge in [-0.15, -0.1) is 11.8 Å². The number of aliphatic carboxylic acids is 1. The lowest BCUT2D eigenvalue weighted by Crippen LogP contribution is -2.20. The maximum absolute atomic E-state index is 11.7. The van der Waals surface area contributed by atoms with Crippen molar-refractivity contribution in [3.8, 4) is 0 Å². The van der Waals surface area contributed by atoms with Gasteiger partial charge >= 0.3 is 5.97 Å². The van der Waals surface area contributed by atoms with Crippen LogP contribution in [0.5, 0.6) is 0 Å². The fourth-order valence-corrected chi connectivity index (χ4v) is 3.53. The molecule has 0 aliphatic heterocycles. The molecule has 0 radical (unpaired) electrons. The molecule has 3 rings (SSSR count). The normalized spacial score (nSPS) is 12.1. The number of rotatable bonds is 8. The molecule has 26 heavy (non-hydrogen) atoms. The Hall–Kier alpha value is -2.31. The van der Waals surface area contributed by atoms with Crippen LogP contribution in [-0.4, -0.2) is 11.1 Å². The Bertz CT molecular complexity index is 876. The Labute approximate surface area is 160 Å². The Morgan fingerprint density at radius 2 is 2.04 bits per heavy atom. The second-order valence-corrected chi connectivity index (χ2v) is 7.17. The number of hydrogen-bond donors (Lipinski definition) is 2. The van der Waals surface area contributed by atoms with Crippen molar-refractivity contribution in [3.63, 3.8) is 0 Å². The predicted molar refractivity (Wildman–Crippen MR) is 103 cm³/mol. The first kappa shape index (κ1) is 18.5. The summed E-state index contributed by atoms with van der Waals surface area (Å²) in [6.07, 6.45) is 1.64. The number of benzene rings is 1. The van der Waals surface area contributed by atoms with E-state index in [1.165, 1.54) is 0 Å². The lowest BCUT2D eigenvalue weighted by molar-refractivity contribution is -0.138. The number of anilines is 1. The van der Waals surface area contributed by atoms with Crippen LogP contribution >= 0.6 is 23.4 Å². The third kappa shape index (κ3) is 4.65. The minimum Gasteiger partial charge on any atom is -0.479 e. The Morgan fingerprint density at radius 3 is 2.73 bits per heavy atom. The summed E-state index contributed by atoms with van der Waals surface area (Å²) in [6, 6.07) is 11.6. The third-order valence-corrected chi connectivity index (χ3v) is 5.00. The van der Waals surface area contributed by atoms with Crippen LogP contribution in [0.15, 0.2) is 57.6 Å². The first-order valence-electron chi connectivity index (χ1n) is 7.97. The van der Waals surface area contributed by atoms with Gasteiger partial charge in [-0.3, -0.25) is 0 Å². The molecule has 5 nitrogen and oxygen atoms in total. The average Bonchev–Trinajstić information content (AvgIpc) is 3.26. The number of carbonyl (C=O) groups is 1. The fraction of sp³-hybridized carbons (Fsp3) is 0.211. The van der Waals surface area contributed by atoms with Crippen molar-refractivity contribution >= 4 is 35.0 Å². The Balaban J connectivity index is 1.66. The number of aryl methyl sites for hydroxylation is 1. The van der Waals surface area contributed by atoms with Gasteiger partial charge in [0, 0.05) is 0 Å². The Morgan fingerprint density at radius 1 is 1.23 bits per heavy atom. The highest BCUT2D eigenvalue weighted by atomic mass is 35.5. The van der Waals surface area contributed by atoms with E-state index in [0.717, 1.165) is 17.1 Å². The van der Waals surface area contributed by atoms with E-state index < -0.39 is 12.0 Å². The van der Waals surface area contributed by atoms with Gasteiger partial charge in [0.25, 0.3) is 0 Å². The van der Waals surface area contributed by atoms with Crippen molar-refractivity contribution in [2.75, 3.05) is 5.32 Å². The first-order valence-corrected chi connectivity index (χ1v) is 9.50. The lowest BCUT2D eigenvalue weighted by Gasteiger charge is -2.15. The lowest BCUT2D eigenvalue weighted by atomic mass is 10.2. The van der Waals surface area contributed by atoms with Crippen molar-refractivity contribution in [2.24, 2.45) is 0 Å². The van der Waals surface area contributed by atoms with Crippen molar-refractivity contribution in [1.29, 1.82) is 0 Å². The van der Waals surface area contributed by atoms with Crippen molar-refractivity contribution < 1.29 is 18.7 Å². The van der Waals surface area contributed by atoms with E-state index in [2.05, 4.69) is 5.32 Å². The zero-order valence-electron chi connectivity index (χ0n) is 14.1. The van der Waals surface area contributed by atoms with E-state index in [0.29, 0.717) is 28.0 Å². The predicted octanol–water partition coefficient (Wildman–Crippen LogP) is 5.51. The van der Waals surface area contributed by atoms with Gasteiger partial charge in [0.1, 0.15) is 17.3 Å². The third-order valence-electron chi connectivity index (χ3n) is 3.71. The van der Waals surface area contributed by atoms with Crippen LogP contribution in [0.1, 0.15) is 28.9 Å². The van der Waals surface area contributed by atoms with Gasteiger partial charge in [-0.25, -0.2) is 4.79 Å². The monoisotopic (exact) mass is 391 g/mol. The van der Waals surface area contributed by atoms with Gasteiger partial charge < -0.3 is 19.3 Å². The molecule has 0 amide bonds. The molecule has 136 valence electrons. The highest BCUT2D eigenvalue weighted by molar-refractivity contribution is 7.97. The average molecular weight is 392 g/mol. The molecule has 3 aromatic rings. The molecule has 0 saturated heterocycles. The Kier molecular flexibility index (Phi) is 5.96. The summed E-state index contributed by atoms with van der Waals surface area (Å²) < 4.78 is 11.0. The molecule has 0 aliphatic carbocycles. The van der Waals surface area contributed by atoms with Gasteiger partial charge in [-0.05, 0) is 48.9 Å². The summed E-state index contributed by atoms with van der Waals surface area (Å²) in [6.45, 7) is 1.92. The number of nitrogens with one attached hydrogen (secondary N) is 1. The second kappa shape index (κ2) is 8.38. The molecule has 7 heteroatoms. The minimum absolute atomic E-state index is 0.336. The fourth-order valence-electron chi connectivity index (χ4n) is 2.42. The molecule has 2 heterocycles. The molecular formula is C19H18ClNO4S. The number of thioether (sulfide) groups is 1. The molecule has 1 atom stereocenters. The van der Waals surface area contributed by atoms with Crippen LogP contribution in [0.25, 0.3) is 0 Å². The van der Waals surface area contributed by atoms with Crippen LogP contribution in [-0.2, 0) is 16.3 Å². The first-order chi connectivity index (χ1) is 12.5. The largest absolute Gasteiger partial charge is 0.479 e. The van der Waals surface area contributed by atoms with Gasteiger partial charge in [-0.1, -0.05) is 17.7 Å². The molecule has 0 spiro atoms. The molecule has 0 saturated carbocycles. The van der Waals surface area contributed by atoms with Crippen LogP contribution < -0.4 is 5.32 Å². The molecule has 0 aliphatic rings. The smallest absolute Gasteiger partial charge is 0.334 e. The van der Waals surface area contributed by atoms with Gasteiger partial charge in [-0.2, -0.15) is 0 Å². The number of carboxylic acid groups (broad SMARTS) is 1. The molecule has 2 N–H and O–H groups in total. The minimum atomic E-state index is -1.04. The summed E-state index contributed by atoms with van der Waals surface area (Å²) >= 11 is 7.82. The van der Waals surface area contributed by atoms with Crippen LogP contribution in [0, 0.1) is 6.92 Å². The summed E-state index contributed by atoms with van der Waals surface area (Å²) in [7, 11) is 0. The van der Waals surface area contributed by atoms with Crippen LogP contribution in [0.2, 0.25) is 5.02 Å². The van der Waals surface area contributed by atoms with Gasteiger partial charge in [0.15, 0.2) is 6.04 Å². The van der Waals surface area contributed by atoms with Crippen molar-refractivity contribution in [2.45, 2.75) is 24.5 Å². The number of carboxylic acids is 1. The topological polar surface area (TPSA) is 75.6 Å². The van der Waals surface area contributed by atoms with Gasteiger partial charge in [0.05, 0.1) is 28.5 Å². The zero-order chi connectivity index (χ0) is 18.5. The van der Waals surface area contributed by atoms with Gasteiger partial charge in [0.2, 0.25) is 0 Å². The highest BCUT2D eigenvalue weighted by Gasteiger charge is 2.24. The molecular weight excluding hydrogens is 374 g/mol. The quantitative estimate of drug-likeness (QED) is 0.527. The van der Waals surface area contributed by atoms with Crippen molar-refractivity contribution in [1.82, 2.24) is 0 Å². The summed E-state index contributed by atoms with van der Waals surface area (Å²) in [5.74, 6) is 2.25. The van der Waals surface area contributed by atoms with E-state index >= 15 is 0 Å². The molecule has 2 aromatic heterocycles.